The van der Waals surface area contributed by atoms with Gasteiger partial charge in [0.05, 0.1) is 0 Å². The summed E-state index contributed by atoms with van der Waals surface area (Å²) in [7, 11) is 0. The highest BCUT2D eigenvalue weighted by atomic mass is 16.2. The lowest BCUT2D eigenvalue weighted by atomic mass is 9.84. The van der Waals surface area contributed by atoms with Crippen LogP contribution in [0.1, 0.15) is 35.8 Å². The van der Waals surface area contributed by atoms with E-state index < -0.39 is 0 Å². The maximum atomic E-state index is 12.9. The number of amides is 2. The van der Waals surface area contributed by atoms with Gasteiger partial charge in [-0.25, -0.2) is 0 Å². The zero-order valence-electron chi connectivity index (χ0n) is 16.7. The van der Waals surface area contributed by atoms with Crippen molar-refractivity contribution < 1.29 is 9.59 Å². The highest BCUT2D eigenvalue weighted by Gasteiger charge is 2.30. The first-order valence-corrected chi connectivity index (χ1v) is 10.3. The van der Waals surface area contributed by atoms with Gasteiger partial charge in [0, 0.05) is 36.5 Å². The maximum Gasteiger partial charge on any atom is 0.270 e. The number of carbonyl (C=O) groups excluding carboxylic acids is 2. The zero-order chi connectivity index (χ0) is 20.2. The maximum absolute atomic E-state index is 12.9. The summed E-state index contributed by atoms with van der Waals surface area (Å²) in [5, 5.41) is 4.10. The highest BCUT2D eigenvalue weighted by Crippen LogP contribution is 2.26. The minimum atomic E-state index is -0.0518. The number of aromatic amines is 1. The monoisotopic (exact) mass is 389 g/mol. The molecule has 5 heteroatoms. The third kappa shape index (κ3) is 4.34. The molecule has 2 aromatic carbocycles. The molecule has 5 nitrogen and oxygen atoms in total. The van der Waals surface area contributed by atoms with Crippen LogP contribution in [0.25, 0.3) is 10.9 Å². The molecule has 0 aliphatic carbocycles. The van der Waals surface area contributed by atoms with Crippen molar-refractivity contribution >= 4 is 22.7 Å². The summed E-state index contributed by atoms with van der Waals surface area (Å²) in [6, 6.07) is 19.8. The number of nitrogens with zero attached hydrogens (tertiary/aromatic N) is 1. The number of piperidine rings is 1. The number of benzene rings is 2. The molecule has 0 radical (unpaired) electrons. The van der Waals surface area contributed by atoms with Gasteiger partial charge < -0.3 is 15.2 Å². The van der Waals surface area contributed by atoms with Gasteiger partial charge in [-0.05, 0) is 36.5 Å². The summed E-state index contributed by atoms with van der Waals surface area (Å²) >= 11 is 0. The molecule has 0 unspecified atom stereocenters. The van der Waals surface area contributed by atoms with Gasteiger partial charge in [-0.3, -0.25) is 9.59 Å². The molecular formula is C24H27N3O2. The predicted molar refractivity (Wildman–Crippen MR) is 114 cm³/mol. The van der Waals surface area contributed by atoms with E-state index in [4.69, 9.17) is 0 Å². The van der Waals surface area contributed by atoms with Crippen molar-refractivity contribution in [1.29, 1.82) is 0 Å². The number of hydrogen-bond donors (Lipinski definition) is 2. The summed E-state index contributed by atoms with van der Waals surface area (Å²) < 4.78 is 0. The number of fused-ring (bicyclic) bond motifs is 1. The van der Waals surface area contributed by atoms with Crippen LogP contribution in [0.5, 0.6) is 0 Å². The molecule has 3 aromatic rings. The van der Waals surface area contributed by atoms with Gasteiger partial charge in [0.25, 0.3) is 5.91 Å². The zero-order valence-corrected chi connectivity index (χ0v) is 16.7. The lowest BCUT2D eigenvalue weighted by molar-refractivity contribution is -0.126. The van der Waals surface area contributed by atoms with Crippen molar-refractivity contribution in [3.8, 4) is 0 Å². The number of likely N-dealkylation sites (tertiary alicyclic amines) is 1. The topological polar surface area (TPSA) is 65.2 Å². The van der Waals surface area contributed by atoms with Crippen LogP contribution in [0.15, 0.2) is 60.7 Å². The number of rotatable bonds is 5. The number of H-pyrrole nitrogens is 1. The molecule has 1 aliphatic rings. The van der Waals surface area contributed by atoms with E-state index in [1.807, 2.05) is 72.5 Å². The van der Waals surface area contributed by atoms with Gasteiger partial charge in [0.2, 0.25) is 5.91 Å². The van der Waals surface area contributed by atoms with Gasteiger partial charge >= 0.3 is 0 Å². The van der Waals surface area contributed by atoms with Crippen molar-refractivity contribution in [1.82, 2.24) is 15.2 Å². The van der Waals surface area contributed by atoms with Gasteiger partial charge in [-0.15, -0.1) is 0 Å². The van der Waals surface area contributed by atoms with E-state index in [0.29, 0.717) is 31.2 Å². The summed E-state index contributed by atoms with van der Waals surface area (Å²) in [6.07, 6.45) is 1.71. The molecule has 0 spiro atoms. The van der Waals surface area contributed by atoms with E-state index in [2.05, 4.69) is 10.3 Å². The third-order valence-electron chi connectivity index (χ3n) is 6.02. The molecule has 1 atom stereocenters. The van der Waals surface area contributed by atoms with Crippen LogP contribution in [0.3, 0.4) is 0 Å². The van der Waals surface area contributed by atoms with Crippen LogP contribution in [0, 0.1) is 11.8 Å². The summed E-state index contributed by atoms with van der Waals surface area (Å²) in [5.41, 5.74) is 2.72. The summed E-state index contributed by atoms with van der Waals surface area (Å²) in [6.45, 7) is 3.94. The van der Waals surface area contributed by atoms with Crippen LogP contribution in [0.2, 0.25) is 0 Å². The molecule has 0 saturated carbocycles. The molecule has 2 N–H and O–H groups in total. The van der Waals surface area contributed by atoms with E-state index in [1.54, 1.807) is 0 Å². The SMILES string of the molecule is C[C@@H](C(=O)NCc1ccccc1)C1CCN(C(=O)c2cc3ccccc3[nH]2)CC1. The standard InChI is InChI=1S/C24H27N3O2/c1-17(23(28)25-16-18-7-3-2-4-8-18)19-11-13-27(14-12-19)24(29)22-15-20-9-5-6-10-21(20)26-22/h2-10,15,17,19,26H,11-14,16H2,1H3,(H,25,28)/t17-/m1/s1. The molecule has 1 aromatic heterocycles. The fraction of sp³-hybridized carbons (Fsp3) is 0.333. The first-order valence-electron chi connectivity index (χ1n) is 10.3. The summed E-state index contributed by atoms with van der Waals surface area (Å²) in [4.78, 5) is 30.5. The van der Waals surface area contributed by atoms with Crippen LogP contribution < -0.4 is 5.32 Å². The Balaban J connectivity index is 1.30. The van der Waals surface area contributed by atoms with Crippen molar-refractivity contribution in [2.24, 2.45) is 11.8 Å². The molecule has 1 fully saturated rings. The number of para-hydroxylation sites is 1. The molecule has 2 amide bonds. The van der Waals surface area contributed by atoms with Gasteiger partial charge in [-0.2, -0.15) is 0 Å². The number of nitrogens with one attached hydrogen (secondary N) is 2. The molecule has 4 rings (SSSR count). The minimum absolute atomic E-state index is 0.0424. The van der Waals surface area contributed by atoms with E-state index in [-0.39, 0.29) is 17.7 Å². The predicted octanol–water partition coefficient (Wildman–Crippen LogP) is 3.97. The van der Waals surface area contributed by atoms with Gasteiger partial charge in [-0.1, -0.05) is 55.5 Å². The van der Waals surface area contributed by atoms with Crippen LogP contribution in [-0.2, 0) is 11.3 Å². The van der Waals surface area contributed by atoms with Crippen LogP contribution in [-0.4, -0.2) is 34.8 Å². The van der Waals surface area contributed by atoms with Crippen molar-refractivity contribution in [2.45, 2.75) is 26.3 Å². The first-order chi connectivity index (χ1) is 14.1. The first kappa shape index (κ1) is 19.2. The second-order valence-corrected chi connectivity index (χ2v) is 7.89. The highest BCUT2D eigenvalue weighted by molar-refractivity contribution is 5.98. The fourth-order valence-electron chi connectivity index (χ4n) is 4.12. The Bertz CT molecular complexity index is 955. The number of aromatic nitrogens is 1. The Labute approximate surface area is 171 Å². The second kappa shape index (κ2) is 8.52. The Kier molecular flexibility index (Phi) is 5.65. The third-order valence-corrected chi connectivity index (χ3v) is 6.02. The number of hydrogen-bond acceptors (Lipinski definition) is 2. The lowest BCUT2D eigenvalue weighted by Crippen LogP contribution is -2.42. The quantitative estimate of drug-likeness (QED) is 0.693. The van der Waals surface area contributed by atoms with Gasteiger partial charge in [0.1, 0.15) is 5.69 Å². The van der Waals surface area contributed by atoms with Crippen molar-refractivity contribution in [2.75, 3.05) is 13.1 Å². The minimum Gasteiger partial charge on any atom is -0.352 e. The largest absolute Gasteiger partial charge is 0.352 e. The molecule has 150 valence electrons. The molecule has 0 bridgehead atoms. The van der Waals surface area contributed by atoms with E-state index in [1.165, 1.54) is 0 Å². The van der Waals surface area contributed by atoms with E-state index in [9.17, 15) is 9.59 Å². The van der Waals surface area contributed by atoms with Crippen molar-refractivity contribution in [3.05, 3.63) is 71.9 Å². The van der Waals surface area contributed by atoms with Crippen LogP contribution in [0.4, 0.5) is 0 Å². The second-order valence-electron chi connectivity index (χ2n) is 7.89. The molecule has 1 aliphatic heterocycles. The Morgan fingerprint density at radius 1 is 1.07 bits per heavy atom. The molecule has 1 saturated heterocycles. The Morgan fingerprint density at radius 3 is 2.48 bits per heavy atom. The summed E-state index contributed by atoms with van der Waals surface area (Å²) in [5.74, 6) is 0.386. The fourth-order valence-corrected chi connectivity index (χ4v) is 4.12. The molecule has 2 heterocycles. The molecular weight excluding hydrogens is 362 g/mol. The Hall–Kier alpha value is -3.08. The normalized spacial score (nSPS) is 16.0. The van der Waals surface area contributed by atoms with Crippen molar-refractivity contribution in [3.63, 3.8) is 0 Å². The van der Waals surface area contributed by atoms with Crippen LogP contribution >= 0.6 is 0 Å². The molecule has 29 heavy (non-hydrogen) atoms. The van der Waals surface area contributed by atoms with E-state index in [0.717, 1.165) is 29.3 Å². The van der Waals surface area contributed by atoms with E-state index >= 15 is 0 Å². The Morgan fingerprint density at radius 2 is 1.76 bits per heavy atom. The number of carbonyl (C=O) groups is 2. The smallest absolute Gasteiger partial charge is 0.270 e. The van der Waals surface area contributed by atoms with Gasteiger partial charge in [0.15, 0.2) is 0 Å². The average Bonchev–Trinajstić information content (AvgIpc) is 3.21. The average molecular weight is 389 g/mol. The lowest BCUT2D eigenvalue weighted by Gasteiger charge is -2.34.